The zero-order chi connectivity index (χ0) is 56.4. The van der Waals surface area contributed by atoms with Crippen LogP contribution in [0.4, 0.5) is 0 Å². The van der Waals surface area contributed by atoms with Gasteiger partial charge in [0, 0.05) is 19.3 Å². The summed E-state index contributed by atoms with van der Waals surface area (Å²) < 4.78 is 16.9. The smallest absolute Gasteiger partial charge is 0.306 e. The van der Waals surface area contributed by atoms with Crippen LogP contribution >= 0.6 is 0 Å². The predicted molar refractivity (Wildman–Crippen MR) is 339 cm³/mol. The standard InChI is InChI=1S/C72H128O6/c1-4-7-10-13-16-19-22-25-27-29-31-33-34-35-36-37-38-40-41-43-45-47-50-53-56-59-62-65-71(74)77-68-69(67-76-70(73)64-61-58-55-52-49-24-21-18-15-12-9-6-3)78-72(75)66-63-60-57-54-51-48-46-44-42-39-32-30-28-26-23-20-17-14-11-8-5-2/h7,10,16,18-19,21,25,27,30-33,69H,4-6,8-9,11-15,17,20,22-24,26,28-29,34-68H2,1-3H3/b10-7-,19-16-,21-18-,27-25-,32-30-,33-31-. The van der Waals surface area contributed by atoms with Gasteiger partial charge in [0.2, 0.25) is 0 Å². The lowest BCUT2D eigenvalue weighted by Gasteiger charge is -2.18. The van der Waals surface area contributed by atoms with E-state index in [-0.39, 0.29) is 31.1 Å². The molecule has 0 aliphatic carbocycles. The van der Waals surface area contributed by atoms with E-state index in [0.29, 0.717) is 19.3 Å². The average molecular weight is 1090 g/mol. The van der Waals surface area contributed by atoms with Crippen LogP contribution in [0.3, 0.4) is 0 Å². The normalized spacial score (nSPS) is 12.5. The number of allylic oxidation sites excluding steroid dienone is 12. The molecule has 0 saturated heterocycles. The molecule has 1 atom stereocenters. The van der Waals surface area contributed by atoms with E-state index in [1.807, 2.05) is 0 Å². The van der Waals surface area contributed by atoms with Gasteiger partial charge in [-0.25, -0.2) is 0 Å². The largest absolute Gasteiger partial charge is 0.462 e. The number of rotatable bonds is 62. The maximum atomic E-state index is 12.9. The minimum Gasteiger partial charge on any atom is -0.462 e. The molecule has 0 aromatic rings. The first-order valence-corrected chi connectivity index (χ1v) is 33.9. The van der Waals surface area contributed by atoms with Gasteiger partial charge < -0.3 is 14.2 Å². The first-order valence-electron chi connectivity index (χ1n) is 33.9. The minimum atomic E-state index is -0.780. The van der Waals surface area contributed by atoms with E-state index in [4.69, 9.17) is 14.2 Å². The molecule has 0 rings (SSSR count). The molecule has 0 N–H and O–H groups in total. The van der Waals surface area contributed by atoms with Crippen molar-refractivity contribution in [3.05, 3.63) is 72.9 Å². The highest BCUT2D eigenvalue weighted by Gasteiger charge is 2.19. The lowest BCUT2D eigenvalue weighted by Crippen LogP contribution is -2.30. The number of unbranched alkanes of at least 4 members (excludes halogenated alkanes) is 39. The quantitative estimate of drug-likeness (QED) is 0.0261. The van der Waals surface area contributed by atoms with Crippen LogP contribution in [0.15, 0.2) is 72.9 Å². The van der Waals surface area contributed by atoms with Gasteiger partial charge in [0.05, 0.1) is 0 Å². The number of carbonyl (C=O) groups excluding carboxylic acids is 3. The second-order valence-corrected chi connectivity index (χ2v) is 22.7. The Bertz CT molecular complexity index is 1440. The van der Waals surface area contributed by atoms with Gasteiger partial charge in [0.15, 0.2) is 6.10 Å². The highest BCUT2D eigenvalue weighted by molar-refractivity contribution is 5.71. The van der Waals surface area contributed by atoms with Crippen LogP contribution in [0.2, 0.25) is 0 Å². The topological polar surface area (TPSA) is 78.9 Å². The van der Waals surface area contributed by atoms with E-state index in [1.54, 1.807) is 0 Å². The summed E-state index contributed by atoms with van der Waals surface area (Å²) in [5, 5.41) is 0. The molecule has 0 fully saturated rings. The van der Waals surface area contributed by atoms with Crippen LogP contribution in [-0.4, -0.2) is 37.2 Å². The number of esters is 3. The number of hydrogen-bond acceptors (Lipinski definition) is 6. The third kappa shape index (κ3) is 63.7. The molecule has 0 amide bonds. The van der Waals surface area contributed by atoms with Gasteiger partial charge >= 0.3 is 17.9 Å². The van der Waals surface area contributed by atoms with Gasteiger partial charge in [0.1, 0.15) is 13.2 Å². The molecule has 452 valence electrons. The van der Waals surface area contributed by atoms with Gasteiger partial charge in [-0.2, -0.15) is 0 Å². The fourth-order valence-corrected chi connectivity index (χ4v) is 9.84. The summed E-state index contributed by atoms with van der Waals surface area (Å²) in [6, 6.07) is 0. The van der Waals surface area contributed by atoms with Crippen LogP contribution in [0.1, 0.15) is 348 Å². The molecule has 0 aromatic carbocycles. The Balaban J connectivity index is 4.24. The summed E-state index contributed by atoms with van der Waals surface area (Å²) in [6.45, 7) is 6.54. The second kappa shape index (κ2) is 66.4. The zero-order valence-electron chi connectivity index (χ0n) is 51.9. The molecule has 0 saturated carbocycles. The van der Waals surface area contributed by atoms with Crippen molar-refractivity contribution in [1.29, 1.82) is 0 Å². The maximum absolute atomic E-state index is 12.9. The fourth-order valence-electron chi connectivity index (χ4n) is 9.84. The molecule has 0 bridgehead atoms. The van der Waals surface area contributed by atoms with Gasteiger partial charge in [0.25, 0.3) is 0 Å². The Morgan fingerprint density at radius 3 is 0.821 bits per heavy atom. The highest BCUT2D eigenvalue weighted by atomic mass is 16.6. The van der Waals surface area contributed by atoms with Crippen LogP contribution in [0.5, 0.6) is 0 Å². The van der Waals surface area contributed by atoms with Crippen molar-refractivity contribution in [1.82, 2.24) is 0 Å². The van der Waals surface area contributed by atoms with Crippen molar-refractivity contribution in [2.45, 2.75) is 354 Å². The molecule has 0 aliphatic heterocycles. The van der Waals surface area contributed by atoms with Crippen LogP contribution in [0, 0.1) is 0 Å². The molecule has 0 spiro atoms. The van der Waals surface area contributed by atoms with Crippen molar-refractivity contribution in [3.8, 4) is 0 Å². The van der Waals surface area contributed by atoms with Crippen LogP contribution < -0.4 is 0 Å². The summed E-state index contributed by atoms with van der Waals surface area (Å²) in [5.74, 6) is -0.870. The Morgan fingerprint density at radius 2 is 0.500 bits per heavy atom. The van der Waals surface area contributed by atoms with Crippen molar-refractivity contribution in [3.63, 3.8) is 0 Å². The Labute approximate surface area is 484 Å². The zero-order valence-corrected chi connectivity index (χ0v) is 51.9. The highest BCUT2D eigenvalue weighted by Crippen LogP contribution is 2.17. The molecule has 0 radical (unpaired) electrons. The van der Waals surface area contributed by atoms with Crippen molar-refractivity contribution in [2.24, 2.45) is 0 Å². The van der Waals surface area contributed by atoms with Crippen LogP contribution in [-0.2, 0) is 28.6 Å². The number of hydrogen-bond donors (Lipinski definition) is 0. The number of ether oxygens (including phenoxy) is 3. The first-order chi connectivity index (χ1) is 38.5. The van der Waals surface area contributed by atoms with E-state index in [1.165, 1.54) is 218 Å². The summed E-state index contributed by atoms with van der Waals surface area (Å²) in [7, 11) is 0. The van der Waals surface area contributed by atoms with Gasteiger partial charge in [-0.05, 0) is 109 Å². The minimum absolute atomic E-state index is 0.0762. The first kappa shape index (κ1) is 74.8. The second-order valence-electron chi connectivity index (χ2n) is 22.7. The monoisotopic (exact) mass is 1090 g/mol. The summed E-state index contributed by atoms with van der Waals surface area (Å²) in [4.78, 5) is 38.3. The van der Waals surface area contributed by atoms with E-state index in [2.05, 4.69) is 93.7 Å². The number of carbonyl (C=O) groups is 3. The van der Waals surface area contributed by atoms with E-state index in [0.717, 1.165) is 89.9 Å². The van der Waals surface area contributed by atoms with Crippen molar-refractivity contribution < 1.29 is 28.6 Å². The third-order valence-corrected chi connectivity index (χ3v) is 14.9. The van der Waals surface area contributed by atoms with Crippen molar-refractivity contribution in [2.75, 3.05) is 13.2 Å². The molecule has 6 heteroatoms. The Hall–Kier alpha value is -3.15. The summed E-state index contributed by atoms with van der Waals surface area (Å²) in [6.07, 6.45) is 86.4. The molecule has 0 aliphatic rings. The Morgan fingerprint density at radius 1 is 0.269 bits per heavy atom. The van der Waals surface area contributed by atoms with E-state index < -0.39 is 6.10 Å². The SMILES string of the molecule is CC/C=C\C/C=C\C/C=C\C/C=C\CCCCCCCCCCCCCCCCC(=O)OCC(COC(=O)CCCCCCC/C=C\CCCCC)OC(=O)CCCCCCCCCCC/C=C\CCCCCCCCCC. The molecule has 0 heterocycles. The molecule has 1 unspecified atom stereocenters. The molecule has 0 aromatic heterocycles. The average Bonchev–Trinajstić information content (AvgIpc) is 3.44. The van der Waals surface area contributed by atoms with Crippen LogP contribution in [0.25, 0.3) is 0 Å². The summed E-state index contributed by atoms with van der Waals surface area (Å²) in [5.41, 5.74) is 0. The molecule has 6 nitrogen and oxygen atoms in total. The van der Waals surface area contributed by atoms with Gasteiger partial charge in [-0.1, -0.05) is 293 Å². The lowest BCUT2D eigenvalue weighted by molar-refractivity contribution is -0.167. The lowest BCUT2D eigenvalue weighted by atomic mass is 10.0. The summed E-state index contributed by atoms with van der Waals surface area (Å²) >= 11 is 0. The maximum Gasteiger partial charge on any atom is 0.306 e. The van der Waals surface area contributed by atoms with Gasteiger partial charge in [-0.15, -0.1) is 0 Å². The molecule has 78 heavy (non-hydrogen) atoms. The van der Waals surface area contributed by atoms with Gasteiger partial charge in [-0.3, -0.25) is 14.4 Å². The Kier molecular flexibility index (Phi) is 63.7. The third-order valence-electron chi connectivity index (χ3n) is 14.9. The predicted octanol–water partition coefficient (Wildman–Crippen LogP) is 23.3. The molecular weight excluding hydrogens is 961 g/mol. The van der Waals surface area contributed by atoms with Crippen molar-refractivity contribution >= 4 is 17.9 Å². The molecular formula is C72H128O6. The fraction of sp³-hybridized carbons (Fsp3) is 0.792. The van der Waals surface area contributed by atoms with E-state index >= 15 is 0 Å². The van der Waals surface area contributed by atoms with E-state index in [9.17, 15) is 14.4 Å².